The number of halogens is 2. The van der Waals surface area contributed by atoms with Gasteiger partial charge in [-0.15, -0.1) is 0 Å². The summed E-state index contributed by atoms with van der Waals surface area (Å²) in [6.45, 7) is 2.40. The lowest BCUT2D eigenvalue weighted by molar-refractivity contribution is 0.0149. The van der Waals surface area contributed by atoms with Crippen molar-refractivity contribution in [2.75, 3.05) is 0 Å². The van der Waals surface area contributed by atoms with Gasteiger partial charge in [0, 0.05) is 0 Å². The number of hydrogen-bond donors (Lipinski definition) is 0. The molecule has 0 saturated carbocycles. The average molecular weight is 162 g/mol. The summed E-state index contributed by atoms with van der Waals surface area (Å²) in [7, 11) is 0. The van der Waals surface area contributed by atoms with Crippen molar-refractivity contribution in [1.29, 1.82) is 0 Å². The monoisotopic (exact) mass is 162 g/mol. The first-order valence-corrected chi connectivity index (χ1v) is 3.14. The molecule has 0 unspecified atom stereocenters. The number of nitrogens with zero attached hydrogens (tertiary/aromatic N) is 2. The van der Waals surface area contributed by atoms with Crippen LogP contribution >= 0.6 is 0 Å². The Morgan fingerprint density at radius 2 is 2.18 bits per heavy atom. The molecule has 0 atom stereocenters. The highest BCUT2D eigenvalue weighted by Crippen LogP contribution is 2.17. The van der Waals surface area contributed by atoms with Crippen LogP contribution in [0.4, 0.5) is 8.78 Å². The van der Waals surface area contributed by atoms with Gasteiger partial charge in [0.15, 0.2) is 5.82 Å². The second kappa shape index (κ2) is 2.56. The van der Waals surface area contributed by atoms with Gasteiger partial charge in [0.05, 0.1) is 6.42 Å². The molecule has 0 saturated heterocycles. The molecule has 11 heavy (non-hydrogen) atoms. The Morgan fingerprint density at radius 3 is 2.55 bits per heavy atom. The van der Waals surface area contributed by atoms with Gasteiger partial charge >= 0.3 is 0 Å². The van der Waals surface area contributed by atoms with Crippen LogP contribution in [0.3, 0.4) is 0 Å². The average Bonchev–Trinajstić information content (AvgIpc) is 2.10. The van der Waals surface area contributed by atoms with Crippen LogP contribution < -0.4 is 0 Å². The molecular formula is C6H8F2N2O. The molecule has 1 rings (SSSR count). The smallest absolute Gasteiger partial charge is 0.254 e. The Bertz CT molecular complexity index is 241. The largest absolute Gasteiger partial charge is 0.339 e. The van der Waals surface area contributed by atoms with Crippen LogP contribution in [0, 0.1) is 6.92 Å². The van der Waals surface area contributed by atoms with Crippen molar-refractivity contribution >= 4 is 0 Å². The maximum absolute atomic E-state index is 12.3. The van der Waals surface area contributed by atoms with Gasteiger partial charge < -0.3 is 4.52 Å². The van der Waals surface area contributed by atoms with Crippen LogP contribution in [-0.4, -0.2) is 16.1 Å². The number of hydrogen-bond acceptors (Lipinski definition) is 3. The maximum Gasteiger partial charge on any atom is 0.254 e. The van der Waals surface area contributed by atoms with Crippen LogP contribution in [-0.2, 0) is 6.42 Å². The first-order chi connectivity index (χ1) is 4.97. The summed E-state index contributed by atoms with van der Waals surface area (Å²) in [6, 6.07) is 0. The molecule has 0 aliphatic rings. The van der Waals surface area contributed by atoms with E-state index < -0.39 is 12.3 Å². The minimum atomic E-state index is -2.78. The highest BCUT2D eigenvalue weighted by molar-refractivity contribution is 4.86. The second-order valence-electron chi connectivity index (χ2n) is 2.48. The van der Waals surface area contributed by atoms with E-state index in [0.29, 0.717) is 5.82 Å². The Kier molecular flexibility index (Phi) is 1.89. The van der Waals surface area contributed by atoms with Crippen molar-refractivity contribution in [3.63, 3.8) is 0 Å². The minimum absolute atomic E-state index is 0.0185. The van der Waals surface area contributed by atoms with Crippen LogP contribution in [0.5, 0.6) is 0 Å². The molecule has 0 radical (unpaired) electrons. The summed E-state index contributed by atoms with van der Waals surface area (Å²) in [5.74, 6) is -2.42. The lowest BCUT2D eigenvalue weighted by Crippen LogP contribution is -2.13. The van der Waals surface area contributed by atoms with Gasteiger partial charge in [-0.2, -0.15) is 4.98 Å². The third-order valence-corrected chi connectivity index (χ3v) is 1.03. The molecule has 0 N–H and O–H groups in total. The van der Waals surface area contributed by atoms with Crippen molar-refractivity contribution in [2.45, 2.75) is 26.2 Å². The quantitative estimate of drug-likeness (QED) is 0.662. The summed E-state index contributed by atoms with van der Waals surface area (Å²) < 4.78 is 29.1. The molecule has 3 nitrogen and oxygen atoms in total. The standard InChI is InChI=1S/C6H8F2N2O/c1-4-9-5(11-10-4)3-6(2,7)8/h3H2,1-2H3. The molecule has 0 amide bonds. The second-order valence-corrected chi connectivity index (χ2v) is 2.48. The summed E-state index contributed by atoms with van der Waals surface area (Å²) in [5.41, 5.74) is 0. The molecule has 62 valence electrons. The third kappa shape index (κ3) is 2.61. The zero-order chi connectivity index (χ0) is 8.48. The maximum atomic E-state index is 12.3. The lowest BCUT2D eigenvalue weighted by atomic mass is 10.3. The molecule has 1 aromatic heterocycles. The number of rotatable bonds is 2. The van der Waals surface area contributed by atoms with Crippen molar-refractivity contribution in [1.82, 2.24) is 10.1 Å². The molecule has 0 spiro atoms. The molecule has 5 heteroatoms. The number of alkyl halides is 2. The van der Waals surface area contributed by atoms with Gasteiger partial charge in [0.2, 0.25) is 5.89 Å². The van der Waals surface area contributed by atoms with Gasteiger partial charge in [0.25, 0.3) is 5.92 Å². The van der Waals surface area contributed by atoms with Crippen LogP contribution in [0.1, 0.15) is 18.6 Å². The minimum Gasteiger partial charge on any atom is -0.339 e. The first-order valence-electron chi connectivity index (χ1n) is 3.14. The zero-order valence-corrected chi connectivity index (χ0v) is 6.27. The summed E-state index contributed by atoms with van der Waals surface area (Å²) in [5, 5.41) is 3.38. The van der Waals surface area contributed by atoms with E-state index in [4.69, 9.17) is 0 Å². The van der Waals surface area contributed by atoms with Crippen LogP contribution in [0.15, 0.2) is 4.52 Å². The van der Waals surface area contributed by atoms with Crippen molar-refractivity contribution < 1.29 is 13.3 Å². The fourth-order valence-corrected chi connectivity index (χ4v) is 0.677. The molecule has 0 bridgehead atoms. The highest BCUT2D eigenvalue weighted by atomic mass is 19.3. The molecule has 1 aromatic rings. The number of aromatic nitrogens is 2. The predicted octanol–water partition coefficient (Wildman–Crippen LogP) is 1.58. The van der Waals surface area contributed by atoms with Crippen molar-refractivity contribution in [3.8, 4) is 0 Å². The van der Waals surface area contributed by atoms with Gasteiger partial charge in [-0.25, -0.2) is 8.78 Å². The fourth-order valence-electron chi connectivity index (χ4n) is 0.677. The van der Waals surface area contributed by atoms with Crippen LogP contribution in [0.25, 0.3) is 0 Å². The van der Waals surface area contributed by atoms with E-state index in [1.165, 1.54) is 0 Å². The van der Waals surface area contributed by atoms with E-state index in [2.05, 4.69) is 14.7 Å². The van der Waals surface area contributed by atoms with Crippen molar-refractivity contribution in [2.24, 2.45) is 0 Å². The molecular weight excluding hydrogens is 154 g/mol. The van der Waals surface area contributed by atoms with E-state index in [1.807, 2.05) is 0 Å². The van der Waals surface area contributed by atoms with Crippen molar-refractivity contribution in [3.05, 3.63) is 11.7 Å². The molecule has 0 fully saturated rings. The Morgan fingerprint density at radius 1 is 1.55 bits per heavy atom. The van der Waals surface area contributed by atoms with Gasteiger partial charge in [-0.3, -0.25) is 0 Å². The Labute approximate surface area is 62.4 Å². The first kappa shape index (κ1) is 8.10. The van der Waals surface area contributed by atoms with Gasteiger partial charge in [-0.1, -0.05) is 5.16 Å². The molecule has 1 heterocycles. The zero-order valence-electron chi connectivity index (χ0n) is 6.27. The Balaban J connectivity index is 2.65. The molecule has 0 aromatic carbocycles. The molecule has 0 aliphatic carbocycles. The predicted molar refractivity (Wildman–Crippen MR) is 33.4 cm³/mol. The number of aryl methyl sites for hydroxylation is 1. The van der Waals surface area contributed by atoms with E-state index in [-0.39, 0.29) is 5.89 Å². The van der Waals surface area contributed by atoms with Gasteiger partial charge in [0.1, 0.15) is 0 Å². The highest BCUT2D eigenvalue weighted by Gasteiger charge is 2.24. The van der Waals surface area contributed by atoms with Gasteiger partial charge in [-0.05, 0) is 13.8 Å². The van der Waals surface area contributed by atoms with E-state index in [1.54, 1.807) is 6.92 Å². The fraction of sp³-hybridized carbons (Fsp3) is 0.667. The Hall–Kier alpha value is -1.00. The van der Waals surface area contributed by atoms with Crippen LogP contribution in [0.2, 0.25) is 0 Å². The summed E-state index contributed by atoms with van der Waals surface area (Å²) >= 11 is 0. The van der Waals surface area contributed by atoms with E-state index in [0.717, 1.165) is 6.92 Å². The topological polar surface area (TPSA) is 38.9 Å². The summed E-state index contributed by atoms with van der Waals surface area (Å²) in [6.07, 6.45) is -0.492. The normalized spacial score (nSPS) is 12.0. The summed E-state index contributed by atoms with van der Waals surface area (Å²) in [4.78, 5) is 3.64. The third-order valence-electron chi connectivity index (χ3n) is 1.03. The van der Waals surface area contributed by atoms with E-state index >= 15 is 0 Å². The lowest BCUT2D eigenvalue weighted by Gasteiger charge is -2.04. The van der Waals surface area contributed by atoms with E-state index in [9.17, 15) is 8.78 Å². The SMILES string of the molecule is Cc1noc(CC(C)(F)F)n1. The molecule has 0 aliphatic heterocycles.